The minimum Gasteiger partial charge on any atom is -0.326 e. The SMILES string of the molecule is CCCC(C(=O)Nc1cccc(-c2n[nH]c(C3CC3)n2)c1)c1ccccc1. The van der Waals surface area contributed by atoms with Crippen molar-refractivity contribution in [3.05, 3.63) is 66.0 Å². The molecule has 5 nitrogen and oxygen atoms in total. The lowest BCUT2D eigenvalue weighted by atomic mass is 9.93. The van der Waals surface area contributed by atoms with E-state index in [1.165, 1.54) is 12.8 Å². The zero-order valence-corrected chi connectivity index (χ0v) is 15.5. The van der Waals surface area contributed by atoms with Gasteiger partial charge in [-0.2, -0.15) is 5.10 Å². The molecule has 0 bridgehead atoms. The van der Waals surface area contributed by atoms with Gasteiger partial charge in [-0.25, -0.2) is 4.98 Å². The van der Waals surface area contributed by atoms with Gasteiger partial charge in [-0.15, -0.1) is 0 Å². The van der Waals surface area contributed by atoms with Crippen LogP contribution >= 0.6 is 0 Å². The van der Waals surface area contributed by atoms with Crippen LogP contribution in [0.2, 0.25) is 0 Å². The highest BCUT2D eigenvalue weighted by Crippen LogP contribution is 2.38. The van der Waals surface area contributed by atoms with E-state index in [2.05, 4.69) is 27.4 Å². The van der Waals surface area contributed by atoms with E-state index in [0.717, 1.165) is 35.5 Å². The molecular weight excluding hydrogens is 336 g/mol. The van der Waals surface area contributed by atoms with Crippen LogP contribution in [0.15, 0.2) is 54.6 Å². The summed E-state index contributed by atoms with van der Waals surface area (Å²) in [4.78, 5) is 17.5. The predicted molar refractivity (Wildman–Crippen MR) is 107 cm³/mol. The first-order valence-electron chi connectivity index (χ1n) is 9.63. The van der Waals surface area contributed by atoms with Gasteiger partial charge in [0.05, 0.1) is 5.92 Å². The zero-order chi connectivity index (χ0) is 18.6. The zero-order valence-electron chi connectivity index (χ0n) is 15.5. The summed E-state index contributed by atoms with van der Waals surface area (Å²) >= 11 is 0. The lowest BCUT2D eigenvalue weighted by Crippen LogP contribution is -2.21. The molecule has 1 aromatic heterocycles. The second-order valence-electron chi connectivity index (χ2n) is 7.14. The van der Waals surface area contributed by atoms with Crippen molar-refractivity contribution in [2.24, 2.45) is 0 Å². The molecule has 0 spiro atoms. The van der Waals surface area contributed by atoms with Gasteiger partial charge in [0.15, 0.2) is 5.82 Å². The number of carbonyl (C=O) groups excluding carboxylic acids is 1. The van der Waals surface area contributed by atoms with Crippen LogP contribution in [-0.4, -0.2) is 21.1 Å². The summed E-state index contributed by atoms with van der Waals surface area (Å²) in [6, 6.07) is 17.7. The van der Waals surface area contributed by atoms with Crippen molar-refractivity contribution in [2.45, 2.75) is 44.4 Å². The third-order valence-electron chi connectivity index (χ3n) is 4.95. The highest BCUT2D eigenvalue weighted by atomic mass is 16.1. The van der Waals surface area contributed by atoms with Crippen molar-refractivity contribution in [1.29, 1.82) is 0 Å². The summed E-state index contributed by atoms with van der Waals surface area (Å²) in [5.74, 6) is 2.06. The van der Waals surface area contributed by atoms with Crippen molar-refractivity contribution >= 4 is 11.6 Å². The molecule has 1 saturated carbocycles. The van der Waals surface area contributed by atoms with E-state index in [9.17, 15) is 4.79 Å². The van der Waals surface area contributed by atoms with E-state index in [1.54, 1.807) is 0 Å². The Kier molecular flexibility index (Phi) is 5.01. The summed E-state index contributed by atoms with van der Waals surface area (Å²) in [5, 5.41) is 10.4. The van der Waals surface area contributed by atoms with Crippen molar-refractivity contribution in [1.82, 2.24) is 15.2 Å². The molecule has 2 N–H and O–H groups in total. The highest BCUT2D eigenvalue weighted by molar-refractivity contribution is 5.96. The standard InChI is InChI=1S/C22H24N4O/c1-2-7-19(15-8-4-3-5-9-15)22(27)23-18-11-6-10-17(14-18)21-24-20(25-26-21)16-12-13-16/h3-6,8-11,14,16,19H,2,7,12-13H2,1H3,(H,23,27)(H,24,25,26). The average molecular weight is 360 g/mol. The number of anilines is 1. The maximum atomic E-state index is 12.9. The van der Waals surface area contributed by atoms with Gasteiger partial charge < -0.3 is 5.32 Å². The molecule has 0 radical (unpaired) electrons. The summed E-state index contributed by atoms with van der Waals surface area (Å²) in [6.07, 6.45) is 4.14. The van der Waals surface area contributed by atoms with Crippen LogP contribution < -0.4 is 5.32 Å². The number of benzene rings is 2. The second-order valence-corrected chi connectivity index (χ2v) is 7.14. The van der Waals surface area contributed by atoms with Gasteiger partial charge in [0, 0.05) is 17.2 Å². The van der Waals surface area contributed by atoms with Crippen molar-refractivity contribution < 1.29 is 4.79 Å². The van der Waals surface area contributed by atoms with Crippen molar-refractivity contribution in [2.75, 3.05) is 5.32 Å². The Morgan fingerprint density at radius 1 is 1.19 bits per heavy atom. The Hall–Kier alpha value is -2.95. The summed E-state index contributed by atoms with van der Waals surface area (Å²) in [7, 11) is 0. The first kappa shape index (κ1) is 17.5. The molecule has 1 fully saturated rings. The van der Waals surface area contributed by atoms with Crippen LogP contribution in [-0.2, 0) is 4.79 Å². The fourth-order valence-corrected chi connectivity index (χ4v) is 3.33. The third kappa shape index (κ3) is 4.08. The van der Waals surface area contributed by atoms with E-state index in [0.29, 0.717) is 11.7 Å². The molecular formula is C22H24N4O. The van der Waals surface area contributed by atoms with Crippen LogP contribution in [0.5, 0.6) is 0 Å². The van der Waals surface area contributed by atoms with Crippen LogP contribution in [0.3, 0.4) is 0 Å². The van der Waals surface area contributed by atoms with Gasteiger partial charge in [-0.05, 0) is 37.0 Å². The quantitative estimate of drug-likeness (QED) is 0.631. The first-order chi connectivity index (χ1) is 13.2. The van der Waals surface area contributed by atoms with E-state index >= 15 is 0 Å². The van der Waals surface area contributed by atoms with Crippen LogP contribution in [0.25, 0.3) is 11.4 Å². The molecule has 1 atom stereocenters. The van der Waals surface area contributed by atoms with Gasteiger partial charge in [0.2, 0.25) is 5.91 Å². The number of aromatic nitrogens is 3. The van der Waals surface area contributed by atoms with E-state index in [1.807, 2.05) is 54.6 Å². The van der Waals surface area contributed by atoms with Crippen LogP contribution in [0.1, 0.15) is 55.8 Å². The average Bonchev–Trinajstić information content (AvgIpc) is 3.43. The minimum absolute atomic E-state index is 0.0221. The normalized spacial score (nSPS) is 14.7. The van der Waals surface area contributed by atoms with Gasteiger partial charge in [-0.3, -0.25) is 9.89 Å². The molecule has 1 amide bonds. The van der Waals surface area contributed by atoms with Gasteiger partial charge >= 0.3 is 0 Å². The number of hydrogen-bond acceptors (Lipinski definition) is 3. The molecule has 0 saturated heterocycles. The predicted octanol–water partition coefficient (Wildman–Crippen LogP) is 4.87. The third-order valence-corrected chi connectivity index (χ3v) is 4.95. The minimum atomic E-state index is -0.148. The number of amides is 1. The maximum absolute atomic E-state index is 12.9. The number of hydrogen-bond donors (Lipinski definition) is 2. The topological polar surface area (TPSA) is 70.7 Å². The molecule has 1 aliphatic carbocycles. The monoisotopic (exact) mass is 360 g/mol. The highest BCUT2D eigenvalue weighted by Gasteiger charge is 2.27. The summed E-state index contributed by atoms with van der Waals surface area (Å²) in [6.45, 7) is 2.10. The molecule has 138 valence electrons. The number of aromatic amines is 1. The molecule has 2 aromatic carbocycles. The molecule has 0 aliphatic heterocycles. The number of H-pyrrole nitrogens is 1. The molecule has 1 heterocycles. The maximum Gasteiger partial charge on any atom is 0.231 e. The molecule has 1 unspecified atom stereocenters. The van der Waals surface area contributed by atoms with Gasteiger partial charge in [0.1, 0.15) is 5.82 Å². The van der Waals surface area contributed by atoms with Crippen molar-refractivity contribution in [3.8, 4) is 11.4 Å². The number of nitrogens with one attached hydrogen (secondary N) is 2. The van der Waals surface area contributed by atoms with Gasteiger partial charge in [-0.1, -0.05) is 55.8 Å². The number of nitrogens with zero attached hydrogens (tertiary/aromatic N) is 2. The first-order valence-corrected chi connectivity index (χ1v) is 9.63. The second kappa shape index (κ2) is 7.74. The fourth-order valence-electron chi connectivity index (χ4n) is 3.33. The van der Waals surface area contributed by atoms with E-state index in [4.69, 9.17) is 0 Å². The Labute approximate surface area is 159 Å². The smallest absolute Gasteiger partial charge is 0.231 e. The van der Waals surface area contributed by atoms with Crippen LogP contribution in [0.4, 0.5) is 5.69 Å². The lowest BCUT2D eigenvalue weighted by Gasteiger charge is -2.17. The Bertz CT molecular complexity index is 915. The molecule has 4 rings (SSSR count). The number of carbonyl (C=O) groups is 1. The Balaban J connectivity index is 1.51. The summed E-state index contributed by atoms with van der Waals surface area (Å²) < 4.78 is 0. The molecule has 5 heteroatoms. The summed E-state index contributed by atoms with van der Waals surface area (Å²) in [5.41, 5.74) is 2.73. The van der Waals surface area contributed by atoms with E-state index < -0.39 is 0 Å². The number of rotatable bonds is 7. The largest absolute Gasteiger partial charge is 0.326 e. The Morgan fingerprint density at radius 3 is 2.74 bits per heavy atom. The molecule has 27 heavy (non-hydrogen) atoms. The Morgan fingerprint density at radius 2 is 2.00 bits per heavy atom. The van der Waals surface area contributed by atoms with Crippen molar-refractivity contribution in [3.63, 3.8) is 0 Å². The van der Waals surface area contributed by atoms with Crippen LogP contribution in [0, 0.1) is 0 Å². The molecule has 1 aliphatic rings. The fraction of sp³-hybridized carbons (Fsp3) is 0.318. The van der Waals surface area contributed by atoms with Gasteiger partial charge in [0.25, 0.3) is 0 Å². The van der Waals surface area contributed by atoms with E-state index in [-0.39, 0.29) is 11.8 Å². The lowest BCUT2D eigenvalue weighted by molar-refractivity contribution is -0.117. The molecule has 3 aromatic rings.